The van der Waals surface area contributed by atoms with Gasteiger partial charge in [0.15, 0.2) is 5.82 Å². The van der Waals surface area contributed by atoms with Crippen molar-refractivity contribution in [2.45, 2.75) is 6.54 Å². The van der Waals surface area contributed by atoms with Crippen LogP contribution in [0.4, 0.5) is 15.8 Å². The Labute approximate surface area is 108 Å². The van der Waals surface area contributed by atoms with Gasteiger partial charge < -0.3 is 10.4 Å². The Hall–Kier alpha value is -2.63. The summed E-state index contributed by atoms with van der Waals surface area (Å²) in [6.45, 7) is 0.356. The number of phenols is 1. The van der Waals surface area contributed by atoms with Crippen LogP contribution in [0.15, 0.2) is 42.5 Å². The molecule has 0 aliphatic rings. The number of nitrogens with one attached hydrogen (secondary N) is 1. The van der Waals surface area contributed by atoms with Crippen molar-refractivity contribution < 1.29 is 14.4 Å². The molecule has 0 atom stereocenters. The van der Waals surface area contributed by atoms with Crippen molar-refractivity contribution in [2.75, 3.05) is 5.32 Å². The second-order valence-corrected chi connectivity index (χ2v) is 3.94. The first-order valence-electron chi connectivity index (χ1n) is 5.52. The number of nitro groups is 1. The molecule has 2 aromatic rings. The van der Waals surface area contributed by atoms with E-state index in [2.05, 4.69) is 5.32 Å². The van der Waals surface area contributed by atoms with Crippen LogP contribution in [0.5, 0.6) is 5.75 Å². The van der Waals surface area contributed by atoms with Crippen LogP contribution in [0.25, 0.3) is 0 Å². The molecule has 19 heavy (non-hydrogen) atoms. The van der Waals surface area contributed by atoms with Crippen molar-refractivity contribution in [1.82, 2.24) is 0 Å². The minimum Gasteiger partial charge on any atom is -0.508 e. The first-order valence-corrected chi connectivity index (χ1v) is 5.52. The molecule has 98 valence electrons. The molecule has 0 aliphatic carbocycles. The molecule has 0 bridgehead atoms. The van der Waals surface area contributed by atoms with Gasteiger partial charge in [-0.2, -0.15) is 0 Å². The lowest BCUT2D eigenvalue weighted by Crippen LogP contribution is -2.01. The summed E-state index contributed by atoms with van der Waals surface area (Å²) in [6.07, 6.45) is 0. The number of rotatable bonds is 4. The van der Waals surface area contributed by atoms with Crippen molar-refractivity contribution in [3.8, 4) is 5.75 Å². The summed E-state index contributed by atoms with van der Waals surface area (Å²) in [4.78, 5) is 9.82. The van der Waals surface area contributed by atoms with E-state index in [0.717, 1.165) is 11.6 Å². The Balaban J connectivity index is 2.07. The number of nitrogens with zero attached hydrogens (tertiary/aromatic N) is 1. The number of aromatic hydroxyl groups is 1. The molecule has 0 radical (unpaired) electrons. The minimum atomic E-state index is -0.673. The number of hydrogen-bond acceptors (Lipinski definition) is 4. The van der Waals surface area contributed by atoms with E-state index in [1.165, 1.54) is 24.3 Å². The monoisotopic (exact) mass is 262 g/mol. The van der Waals surface area contributed by atoms with Crippen molar-refractivity contribution in [3.05, 3.63) is 64.0 Å². The highest BCUT2D eigenvalue weighted by Gasteiger charge is 2.10. The molecular weight excluding hydrogens is 251 g/mol. The zero-order chi connectivity index (χ0) is 13.8. The number of benzene rings is 2. The second kappa shape index (κ2) is 5.34. The predicted octanol–water partition coefficient (Wildman–Crippen LogP) is 3.05. The van der Waals surface area contributed by atoms with Crippen molar-refractivity contribution in [2.24, 2.45) is 0 Å². The highest BCUT2D eigenvalue weighted by molar-refractivity contribution is 5.50. The third kappa shape index (κ3) is 3.19. The van der Waals surface area contributed by atoms with Crippen LogP contribution in [0.2, 0.25) is 0 Å². The first-order chi connectivity index (χ1) is 9.06. The molecule has 0 unspecified atom stereocenters. The van der Waals surface area contributed by atoms with Gasteiger partial charge in [0.1, 0.15) is 5.75 Å². The molecular formula is C13H11FN2O3. The Morgan fingerprint density at radius 2 is 1.89 bits per heavy atom. The molecule has 5 nitrogen and oxygen atoms in total. The summed E-state index contributed by atoms with van der Waals surface area (Å²) in [7, 11) is 0. The molecule has 0 aromatic heterocycles. The molecule has 2 rings (SSSR count). The standard InChI is InChI=1S/C13H11FN2O3/c14-12-7-10(16(18)19)3-6-13(12)15-8-9-1-4-11(17)5-2-9/h1-7,15,17H,8H2. The molecule has 0 spiro atoms. The zero-order valence-electron chi connectivity index (χ0n) is 9.84. The molecule has 6 heteroatoms. The van der Waals surface area contributed by atoms with Gasteiger partial charge in [0.25, 0.3) is 5.69 Å². The summed E-state index contributed by atoms with van der Waals surface area (Å²) >= 11 is 0. The minimum absolute atomic E-state index is 0.158. The van der Waals surface area contributed by atoms with E-state index in [-0.39, 0.29) is 17.1 Å². The second-order valence-electron chi connectivity index (χ2n) is 3.94. The molecule has 0 aliphatic heterocycles. The molecule has 2 aromatic carbocycles. The van der Waals surface area contributed by atoms with E-state index in [0.29, 0.717) is 6.54 Å². The van der Waals surface area contributed by atoms with Crippen LogP contribution in [0.1, 0.15) is 5.56 Å². The maximum absolute atomic E-state index is 13.6. The quantitative estimate of drug-likeness (QED) is 0.656. The largest absolute Gasteiger partial charge is 0.508 e. The van der Waals surface area contributed by atoms with Gasteiger partial charge in [-0.05, 0) is 23.8 Å². The van der Waals surface area contributed by atoms with E-state index < -0.39 is 10.7 Å². The predicted molar refractivity (Wildman–Crippen MR) is 68.5 cm³/mol. The SMILES string of the molecule is O=[N+]([O-])c1ccc(NCc2ccc(O)cc2)c(F)c1. The number of anilines is 1. The van der Waals surface area contributed by atoms with E-state index in [4.69, 9.17) is 5.11 Å². The lowest BCUT2D eigenvalue weighted by molar-refractivity contribution is -0.385. The topological polar surface area (TPSA) is 75.4 Å². The van der Waals surface area contributed by atoms with Crippen molar-refractivity contribution in [3.63, 3.8) is 0 Å². The van der Waals surface area contributed by atoms with Gasteiger partial charge in [0.2, 0.25) is 0 Å². The van der Waals surface area contributed by atoms with Crippen LogP contribution < -0.4 is 5.32 Å². The van der Waals surface area contributed by atoms with E-state index >= 15 is 0 Å². The highest BCUT2D eigenvalue weighted by Crippen LogP contribution is 2.21. The number of halogens is 1. The Morgan fingerprint density at radius 3 is 2.47 bits per heavy atom. The fourth-order valence-electron chi connectivity index (χ4n) is 1.57. The molecule has 0 fully saturated rings. The maximum Gasteiger partial charge on any atom is 0.272 e. The van der Waals surface area contributed by atoms with Crippen LogP contribution in [-0.2, 0) is 6.54 Å². The van der Waals surface area contributed by atoms with Gasteiger partial charge in [-0.1, -0.05) is 12.1 Å². The Kier molecular flexibility index (Phi) is 3.61. The van der Waals surface area contributed by atoms with Gasteiger partial charge in [0.05, 0.1) is 16.7 Å². The summed E-state index contributed by atoms with van der Waals surface area (Å²) < 4.78 is 13.6. The van der Waals surface area contributed by atoms with Crippen LogP contribution in [-0.4, -0.2) is 10.0 Å². The molecule has 0 amide bonds. The summed E-state index contributed by atoms with van der Waals surface area (Å²) in [5.41, 5.74) is 0.766. The average Bonchev–Trinajstić information content (AvgIpc) is 2.39. The fraction of sp³-hybridized carbons (Fsp3) is 0.0769. The smallest absolute Gasteiger partial charge is 0.272 e. The summed E-state index contributed by atoms with van der Waals surface area (Å²) in [6, 6.07) is 9.90. The zero-order valence-corrected chi connectivity index (χ0v) is 9.84. The van der Waals surface area contributed by atoms with Crippen molar-refractivity contribution in [1.29, 1.82) is 0 Å². The first kappa shape index (κ1) is 12.8. The van der Waals surface area contributed by atoms with Crippen LogP contribution in [0.3, 0.4) is 0 Å². The van der Waals surface area contributed by atoms with Gasteiger partial charge in [0, 0.05) is 12.6 Å². The van der Waals surface area contributed by atoms with Crippen LogP contribution >= 0.6 is 0 Å². The maximum atomic E-state index is 13.6. The summed E-state index contributed by atoms with van der Waals surface area (Å²) in [5.74, 6) is -0.516. The molecule has 0 saturated carbocycles. The lowest BCUT2D eigenvalue weighted by Gasteiger charge is -2.07. The average molecular weight is 262 g/mol. The van der Waals surface area contributed by atoms with Gasteiger partial charge >= 0.3 is 0 Å². The van der Waals surface area contributed by atoms with Gasteiger partial charge in [-0.15, -0.1) is 0 Å². The molecule has 0 heterocycles. The lowest BCUT2D eigenvalue weighted by atomic mass is 10.2. The number of nitro benzene ring substituents is 1. The third-order valence-electron chi connectivity index (χ3n) is 2.58. The van der Waals surface area contributed by atoms with E-state index in [9.17, 15) is 14.5 Å². The van der Waals surface area contributed by atoms with Gasteiger partial charge in [-0.25, -0.2) is 4.39 Å². The van der Waals surface area contributed by atoms with E-state index in [1.807, 2.05) is 0 Å². The summed E-state index contributed by atoms with van der Waals surface area (Å²) in [5, 5.41) is 22.4. The van der Waals surface area contributed by atoms with Crippen LogP contribution in [0, 0.1) is 15.9 Å². The molecule has 0 saturated heterocycles. The van der Waals surface area contributed by atoms with Crippen molar-refractivity contribution >= 4 is 11.4 Å². The normalized spacial score (nSPS) is 10.2. The van der Waals surface area contributed by atoms with E-state index in [1.54, 1.807) is 12.1 Å². The highest BCUT2D eigenvalue weighted by atomic mass is 19.1. The number of hydrogen-bond donors (Lipinski definition) is 2. The Morgan fingerprint density at radius 1 is 1.21 bits per heavy atom. The third-order valence-corrected chi connectivity index (χ3v) is 2.58. The molecule has 2 N–H and O–H groups in total. The Bertz CT molecular complexity index is 599. The fourth-order valence-corrected chi connectivity index (χ4v) is 1.57. The van der Waals surface area contributed by atoms with Gasteiger partial charge in [-0.3, -0.25) is 10.1 Å². The number of phenolic OH excluding ortho intramolecular Hbond substituents is 1. The number of non-ortho nitro benzene ring substituents is 1.